The number of ether oxygens (including phenoxy) is 1. The van der Waals surface area contributed by atoms with Gasteiger partial charge < -0.3 is 14.3 Å². The molecule has 0 amide bonds. The predicted octanol–water partition coefficient (Wildman–Crippen LogP) is 2.29. The van der Waals surface area contributed by atoms with Gasteiger partial charge in [0, 0.05) is 13.5 Å². The van der Waals surface area contributed by atoms with Gasteiger partial charge in [-0.25, -0.2) is 9.78 Å². The molecule has 0 spiro atoms. The molecule has 0 aliphatic heterocycles. The van der Waals surface area contributed by atoms with Gasteiger partial charge in [0.1, 0.15) is 0 Å². The summed E-state index contributed by atoms with van der Waals surface area (Å²) in [5.41, 5.74) is 0.542. The first kappa shape index (κ1) is 13.7. The van der Waals surface area contributed by atoms with E-state index in [4.69, 9.17) is 14.3 Å². The van der Waals surface area contributed by atoms with E-state index in [0.717, 1.165) is 12.8 Å². The third-order valence-electron chi connectivity index (χ3n) is 2.59. The molecule has 1 atom stereocenters. The van der Waals surface area contributed by atoms with Crippen LogP contribution >= 0.6 is 0 Å². The molecule has 0 saturated carbocycles. The van der Waals surface area contributed by atoms with Crippen LogP contribution in [0.3, 0.4) is 0 Å². The summed E-state index contributed by atoms with van der Waals surface area (Å²) in [6, 6.07) is 0. The average Bonchev–Trinajstić information content (AvgIpc) is 2.70. The number of methoxy groups -OCH3 is 1. The van der Waals surface area contributed by atoms with Crippen LogP contribution in [0.5, 0.6) is 0 Å². The summed E-state index contributed by atoms with van der Waals surface area (Å²) in [6.07, 6.45) is 2.96. The molecule has 0 radical (unpaired) electrons. The number of hydrogen-bond acceptors (Lipinski definition) is 4. The Morgan fingerprint density at radius 1 is 1.53 bits per heavy atom. The number of hydrogen-bond donors (Lipinski definition) is 1. The van der Waals surface area contributed by atoms with Gasteiger partial charge in [-0.05, 0) is 19.8 Å². The molecule has 1 heterocycles. The van der Waals surface area contributed by atoms with Crippen LogP contribution in [-0.2, 0) is 17.6 Å². The standard InChI is InChI=1S/C12H19NO4/c1-4-5-9-11(12(14)15)17-10(13-9)7-6-8(2)16-3/h8H,4-7H2,1-3H3,(H,14,15). The maximum atomic E-state index is 10.9. The van der Waals surface area contributed by atoms with Crippen molar-refractivity contribution in [3.8, 4) is 0 Å². The normalized spacial score (nSPS) is 12.6. The summed E-state index contributed by atoms with van der Waals surface area (Å²) in [5, 5.41) is 8.97. The summed E-state index contributed by atoms with van der Waals surface area (Å²) in [7, 11) is 1.64. The number of carbonyl (C=O) groups is 1. The van der Waals surface area contributed by atoms with Gasteiger partial charge in [-0.1, -0.05) is 13.3 Å². The number of nitrogens with zero attached hydrogens (tertiary/aromatic N) is 1. The highest BCUT2D eigenvalue weighted by molar-refractivity contribution is 5.85. The number of aryl methyl sites for hydroxylation is 2. The summed E-state index contributed by atoms with van der Waals surface area (Å²) >= 11 is 0. The van der Waals surface area contributed by atoms with Crippen molar-refractivity contribution in [1.29, 1.82) is 0 Å². The number of oxazole rings is 1. The molecule has 1 rings (SSSR count). The van der Waals surface area contributed by atoms with Gasteiger partial charge >= 0.3 is 5.97 Å². The van der Waals surface area contributed by atoms with Gasteiger partial charge in [-0.15, -0.1) is 0 Å². The molecule has 0 aliphatic rings. The van der Waals surface area contributed by atoms with Gasteiger partial charge in [-0.3, -0.25) is 0 Å². The van der Waals surface area contributed by atoms with Crippen LogP contribution in [0, 0.1) is 0 Å². The fourth-order valence-electron chi connectivity index (χ4n) is 1.53. The number of rotatable bonds is 7. The Morgan fingerprint density at radius 2 is 2.24 bits per heavy atom. The molecule has 0 saturated heterocycles. The van der Waals surface area contributed by atoms with Crippen molar-refractivity contribution < 1.29 is 19.1 Å². The van der Waals surface area contributed by atoms with Gasteiger partial charge in [-0.2, -0.15) is 0 Å². The maximum absolute atomic E-state index is 10.9. The predicted molar refractivity (Wildman–Crippen MR) is 62.2 cm³/mol. The van der Waals surface area contributed by atoms with Gasteiger partial charge in [0.15, 0.2) is 5.89 Å². The molecule has 5 nitrogen and oxygen atoms in total. The van der Waals surface area contributed by atoms with Gasteiger partial charge in [0.05, 0.1) is 11.8 Å². The Morgan fingerprint density at radius 3 is 2.76 bits per heavy atom. The third-order valence-corrected chi connectivity index (χ3v) is 2.59. The quantitative estimate of drug-likeness (QED) is 0.792. The lowest BCUT2D eigenvalue weighted by atomic mass is 10.2. The molecule has 0 aromatic carbocycles. The highest BCUT2D eigenvalue weighted by Gasteiger charge is 2.18. The van der Waals surface area contributed by atoms with E-state index in [1.807, 2.05) is 13.8 Å². The minimum atomic E-state index is -1.05. The number of carboxylic acids is 1. The smallest absolute Gasteiger partial charge is 0.373 e. The lowest BCUT2D eigenvalue weighted by molar-refractivity contribution is 0.0658. The molecule has 0 aliphatic carbocycles. The molecule has 17 heavy (non-hydrogen) atoms. The zero-order valence-electron chi connectivity index (χ0n) is 10.5. The molecule has 0 fully saturated rings. The first-order valence-electron chi connectivity index (χ1n) is 5.83. The van der Waals surface area contributed by atoms with Crippen molar-refractivity contribution in [3.05, 3.63) is 17.3 Å². The Balaban J connectivity index is 2.73. The first-order valence-corrected chi connectivity index (χ1v) is 5.83. The highest BCUT2D eigenvalue weighted by atomic mass is 16.5. The van der Waals surface area contributed by atoms with E-state index >= 15 is 0 Å². The van der Waals surface area contributed by atoms with Crippen molar-refractivity contribution in [2.45, 2.75) is 45.6 Å². The molecule has 96 valence electrons. The topological polar surface area (TPSA) is 72.6 Å². The third kappa shape index (κ3) is 3.85. The molecular weight excluding hydrogens is 222 g/mol. The van der Waals surface area contributed by atoms with Crippen molar-refractivity contribution in [2.24, 2.45) is 0 Å². The Bertz CT molecular complexity index is 373. The number of aromatic carboxylic acids is 1. The molecule has 1 aromatic rings. The number of carboxylic acid groups (broad SMARTS) is 1. The second kappa shape index (κ2) is 6.39. The van der Waals surface area contributed by atoms with Gasteiger partial charge in [0.25, 0.3) is 0 Å². The van der Waals surface area contributed by atoms with Crippen LogP contribution < -0.4 is 0 Å². The summed E-state index contributed by atoms with van der Waals surface area (Å²) in [6.45, 7) is 3.93. The molecular formula is C12H19NO4. The molecule has 1 N–H and O–H groups in total. The Kier molecular flexibility index (Phi) is 5.15. The van der Waals surface area contributed by atoms with Crippen molar-refractivity contribution >= 4 is 5.97 Å². The van der Waals surface area contributed by atoms with E-state index in [-0.39, 0.29) is 11.9 Å². The van der Waals surface area contributed by atoms with Crippen molar-refractivity contribution in [3.63, 3.8) is 0 Å². The van der Waals surface area contributed by atoms with E-state index in [9.17, 15) is 4.79 Å². The van der Waals surface area contributed by atoms with Crippen LogP contribution in [-0.4, -0.2) is 29.3 Å². The van der Waals surface area contributed by atoms with E-state index < -0.39 is 5.97 Å². The fourth-order valence-corrected chi connectivity index (χ4v) is 1.53. The van der Waals surface area contributed by atoms with Crippen LogP contribution in [0.25, 0.3) is 0 Å². The van der Waals surface area contributed by atoms with Gasteiger partial charge in [0.2, 0.25) is 5.76 Å². The van der Waals surface area contributed by atoms with E-state index in [2.05, 4.69) is 4.98 Å². The average molecular weight is 241 g/mol. The largest absolute Gasteiger partial charge is 0.475 e. The van der Waals surface area contributed by atoms with E-state index in [1.54, 1.807) is 7.11 Å². The monoisotopic (exact) mass is 241 g/mol. The lowest BCUT2D eigenvalue weighted by Gasteiger charge is -2.05. The zero-order valence-corrected chi connectivity index (χ0v) is 10.5. The summed E-state index contributed by atoms with van der Waals surface area (Å²) < 4.78 is 10.4. The number of aromatic nitrogens is 1. The summed E-state index contributed by atoms with van der Waals surface area (Å²) in [5.74, 6) is -0.589. The van der Waals surface area contributed by atoms with Crippen molar-refractivity contribution in [2.75, 3.05) is 7.11 Å². The molecule has 1 aromatic heterocycles. The second-order valence-electron chi connectivity index (χ2n) is 4.02. The highest BCUT2D eigenvalue weighted by Crippen LogP contribution is 2.15. The van der Waals surface area contributed by atoms with Crippen LogP contribution in [0.15, 0.2) is 4.42 Å². The molecule has 0 bridgehead atoms. The molecule has 1 unspecified atom stereocenters. The minimum Gasteiger partial charge on any atom is -0.475 e. The Hall–Kier alpha value is -1.36. The van der Waals surface area contributed by atoms with E-state index in [1.165, 1.54) is 0 Å². The zero-order chi connectivity index (χ0) is 12.8. The minimum absolute atomic E-state index is 0.0214. The van der Waals surface area contributed by atoms with E-state index in [0.29, 0.717) is 24.4 Å². The SMILES string of the molecule is CCCc1nc(CCC(C)OC)oc1C(=O)O. The first-order chi connectivity index (χ1) is 8.08. The summed E-state index contributed by atoms with van der Waals surface area (Å²) in [4.78, 5) is 15.2. The van der Waals surface area contributed by atoms with Crippen LogP contribution in [0.4, 0.5) is 0 Å². The fraction of sp³-hybridized carbons (Fsp3) is 0.667. The van der Waals surface area contributed by atoms with Crippen LogP contribution in [0.2, 0.25) is 0 Å². The Labute approximate surface area is 101 Å². The molecule has 5 heteroatoms. The van der Waals surface area contributed by atoms with Crippen LogP contribution in [0.1, 0.15) is 48.8 Å². The lowest BCUT2D eigenvalue weighted by Crippen LogP contribution is -2.06. The second-order valence-corrected chi connectivity index (χ2v) is 4.02. The maximum Gasteiger partial charge on any atom is 0.373 e. The van der Waals surface area contributed by atoms with Crippen molar-refractivity contribution in [1.82, 2.24) is 4.98 Å².